The molecule has 0 aliphatic carbocycles. The summed E-state index contributed by atoms with van der Waals surface area (Å²) < 4.78 is 0. The van der Waals surface area contributed by atoms with Crippen LogP contribution in [-0.2, 0) is 6.54 Å². The van der Waals surface area contributed by atoms with E-state index in [0.717, 1.165) is 17.3 Å². The van der Waals surface area contributed by atoms with Crippen molar-refractivity contribution in [1.29, 1.82) is 0 Å². The van der Waals surface area contributed by atoms with Gasteiger partial charge in [-0.3, -0.25) is 9.88 Å². The molecule has 2 nitrogen and oxygen atoms in total. The lowest BCUT2D eigenvalue weighted by Crippen LogP contribution is -2.53. The normalized spacial score (nSPS) is 19.9. The number of likely N-dealkylation sites (tertiary alicyclic amines) is 1. The minimum Gasteiger partial charge on any atom is -0.296 e. The molecule has 0 atom stereocenters. The summed E-state index contributed by atoms with van der Waals surface area (Å²) in [5, 5.41) is 0.777. The van der Waals surface area contributed by atoms with E-state index in [2.05, 4.69) is 23.7 Å². The zero-order valence-corrected chi connectivity index (χ0v) is 10.1. The Labute approximate surface area is 96.3 Å². The Morgan fingerprint density at radius 3 is 2.87 bits per heavy atom. The fourth-order valence-electron chi connectivity index (χ4n) is 2.13. The van der Waals surface area contributed by atoms with Gasteiger partial charge in [-0.1, -0.05) is 25.4 Å². The zero-order chi connectivity index (χ0) is 10.9. The van der Waals surface area contributed by atoms with Crippen molar-refractivity contribution >= 4 is 11.6 Å². The lowest BCUT2D eigenvalue weighted by Gasteiger charge is -2.47. The van der Waals surface area contributed by atoms with Gasteiger partial charge in [-0.25, -0.2) is 0 Å². The zero-order valence-electron chi connectivity index (χ0n) is 9.33. The van der Waals surface area contributed by atoms with Gasteiger partial charge in [-0.2, -0.15) is 0 Å². The molecular formula is C12H17ClN2. The third kappa shape index (κ3) is 2.50. The van der Waals surface area contributed by atoms with Crippen LogP contribution in [0.25, 0.3) is 0 Å². The van der Waals surface area contributed by atoms with Gasteiger partial charge in [-0.15, -0.1) is 0 Å². The summed E-state index contributed by atoms with van der Waals surface area (Å²) in [5.41, 5.74) is 1.60. The lowest BCUT2D eigenvalue weighted by atomic mass is 9.79. The van der Waals surface area contributed by atoms with Crippen LogP contribution in [0.5, 0.6) is 0 Å². The molecule has 1 saturated heterocycles. The third-order valence-corrected chi connectivity index (χ3v) is 3.46. The maximum Gasteiger partial charge on any atom is 0.0558 e. The highest BCUT2D eigenvalue weighted by atomic mass is 35.5. The van der Waals surface area contributed by atoms with Crippen molar-refractivity contribution in [3.8, 4) is 0 Å². The number of hydrogen-bond acceptors (Lipinski definition) is 2. The maximum atomic E-state index is 5.91. The molecule has 0 saturated carbocycles. The predicted octanol–water partition coefficient (Wildman–Crippen LogP) is 2.97. The molecule has 1 aromatic heterocycles. The van der Waals surface area contributed by atoms with Crippen LogP contribution < -0.4 is 0 Å². The molecule has 1 fully saturated rings. The SMILES string of the molecule is CCC1(C)CN(Cc2cc(Cl)ccn2)C1. The van der Waals surface area contributed by atoms with Crippen LogP contribution in [0.3, 0.4) is 0 Å². The van der Waals surface area contributed by atoms with Crippen LogP contribution in [0, 0.1) is 5.41 Å². The quantitative estimate of drug-likeness (QED) is 0.785. The first-order valence-corrected chi connectivity index (χ1v) is 5.82. The molecule has 1 aliphatic heterocycles. The number of halogens is 1. The van der Waals surface area contributed by atoms with Crippen LogP contribution in [-0.4, -0.2) is 23.0 Å². The van der Waals surface area contributed by atoms with E-state index in [1.54, 1.807) is 6.20 Å². The third-order valence-electron chi connectivity index (χ3n) is 3.23. The molecule has 82 valence electrons. The van der Waals surface area contributed by atoms with Crippen LogP contribution in [0.4, 0.5) is 0 Å². The summed E-state index contributed by atoms with van der Waals surface area (Å²) in [7, 11) is 0. The summed E-state index contributed by atoms with van der Waals surface area (Å²) in [6, 6.07) is 3.76. The molecule has 0 bridgehead atoms. The fraction of sp³-hybridized carbons (Fsp3) is 0.583. The molecule has 2 rings (SSSR count). The fourth-order valence-corrected chi connectivity index (χ4v) is 2.32. The first-order valence-electron chi connectivity index (χ1n) is 5.44. The first kappa shape index (κ1) is 10.9. The van der Waals surface area contributed by atoms with Gasteiger partial charge in [0.2, 0.25) is 0 Å². The van der Waals surface area contributed by atoms with E-state index in [1.807, 2.05) is 12.1 Å². The Balaban J connectivity index is 1.90. The topological polar surface area (TPSA) is 16.1 Å². The highest BCUT2D eigenvalue weighted by molar-refractivity contribution is 6.30. The Kier molecular flexibility index (Phi) is 2.98. The smallest absolute Gasteiger partial charge is 0.0558 e. The van der Waals surface area contributed by atoms with Crippen molar-refractivity contribution in [2.45, 2.75) is 26.8 Å². The van der Waals surface area contributed by atoms with Gasteiger partial charge in [0.1, 0.15) is 0 Å². The number of nitrogens with zero attached hydrogens (tertiary/aromatic N) is 2. The Bertz CT molecular complexity index is 345. The monoisotopic (exact) mass is 224 g/mol. The van der Waals surface area contributed by atoms with Crippen molar-refractivity contribution in [1.82, 2.24) is 9.88 Å². The van der Waals surface area contributed by atoms with Gasteiger partial charge < -0.3 is 0 Å². The van der Waals surface area contributed by atoms with Gasteiger partial charge >= 0.3 is 0 Å². The highest BCUT2D eigenvalue weighted by Crippen LogP contribution is 2.33. The molecule has 15 heavy (non-hydrogen) atoms. The second-order valence-electron chi connectivity index (χ2n) is 4.77. The molecule has 0 aromatic carbocycles. The van der Waals surface area contributed by atoms with E-state index in [0.29, 0.717) is 5.41 Å². The Hall–Kier alpha value is -0.600. The summed E-state index contributed by atoms with van der Waals surface area (Å²) in [5.74, 6) is 0. The molecule has 0 spiro atoms. The van der Waals surface area contributed by atoms with Crippen molar-refractivity contribution in [3.63, 3.8) is 0 Å². The molecule has 0 radical (unpaired) electrons. The second kappa shape index (κ2) is 4.11. The lowest BCUT2D eigenvalue weighted by molar-refractivity contribution is 0.00533. The van der Waals surface area contributed by atoms with E-state index in [1.165, 1.54) is 19.5 Å². The van der Waals surface area contributed by atoms with Gasteiger partial charge in [-0.05, 0) is 24.0 Å². The van der Waals surface area contributed by atoms with Gasteiger partial charge in [0.25, 0.3) is 0 Å². The predicted molar refractivity (Wildman–Crippen MR) is 62.9 cm³/mol. The molecule has 1 aromatic rings. The second-order valence-corrected chi connectivity index (χ2v) is 5.21. The molecule has 3 heteroatoms. The van der Waals surface area contributed by atoms with E-state index in [4.69, 9.17) is 11.6 Å². The summed E-state index contributed by atoms with van der Waals surface area (Å²) in [6.45, 7) is 7.88. The summed E-state index contributed by atoms with van der Waals surface area (Å²) in [6.07, 6.45) is 3.03. The summed E-state index contributed by atoms with van der Waals surface area (Å²) in [4.78, 5) is 6.73. The van der Waals surface area contributed by atoms with E-state index in [9.17, 15) is 0 Å². The van der Waals surface area contributed by atoms with E-state index >= 15 is 0 Å². The number of rotatable bonds is 3. The Morgan fingerprint density at radius 1 is 1.53 bits per heavy atom. The molecule has 0 amide bonds. The molecule has 2 heterocycles. The van der Waals surface area contributed by atoms with Crippen LogP contribution in [0.2, 0.25) is 5.02 Å². The number of aromatic nitrogens is 1. The van der Waals surface area contributed by atoms with Gasteiger partial charge in [0.15, 0.2) is 0 Å². The largest absolute Gasteiger partial charge is 0.296 e. The van der Waals surface area contributed by atoms with Crippen LogP contribution in [0.15, 0.2) is 18.3 Å². The number of hydrogen-bond donors (Lipinski definition) is 0. The first-order chi connectivity index (χ1) is 7.11. The Morgan fingerprint density at radius 2 is 2.27 bits per heavy atom. The standard InChI is InChI=1S/C12H17ClN2/c1-3-12(2)8-15(9-12)7-11-6-10(13)4-5-14-11/h4-6H,3,7-9H2,1-2H3. The average Bonchev–Trinajstić information content (AvgIpc) is 2.15. The molecule has 0 unspecified atom stereocenters. The van der Waals surface area contributed by atoms with Crippen LogP contribution in [0.1, 0.15) is 26.0 Å². The minimum atomic E-state index is 0.526. The van der Waals surface area contributed by atoms with Crippen molar-refractivity contribution in [2.24, 2.45) is 5.41 Å². The maximum absolute atomic E-state index is 5.91. The highest BCUT2D eigenvalue weighted by Gasteiger charge is 2.36. The number of pyridine rings is 1. The molecule has 1 aliphatic rings. The van der Waals surface area contributed by atoms with E-state index < -0.39 is 0 Å². The van der Waals surface area contributed by atoms with E-state index in [-0.39, 0.29) is 0 Å². The average molecular weight is 225 g/mol. The summed E-state index contributed by atoms with van der Waals surface area (Å²) >= 11 is 5.91. The van der Waals surface area contributed by atoms with Gasteiger partial charge in [0.05, 0.1) is 5.69 Å². The minimum absolute atomic E-state index is 0.526. The molecular weight excluding hydrogens is 208 g/mol. The van der Waals surface area contributed by atoms with Crippen molar-refractivity contribution in [2.75, 3.05) is 13.1 Å². The van der Waals surface area contributed by atoms with Gasteiger partial charge in [0, 0.05) is 30.9 Å². The molecule has 0 N–H and O–H groups in total. The van der Waals surface area contributed by atoms with Crippen molar-refractivity contribution in [3.05, 3.63) is 29.0 Å². The van der Waals surface area contributed by atoms with Crippen molar-refractivity contribution < 1.29 is 0 Å². The van der Waals surface area contributed by atoms with Crippen LogP contribution >= 0.6 is 11.6 Å².